The fourth-order valence-electron chi connectivity index (χ4n) is 3.92. The highest BCUT2D eigenvalue weighted by atomic mass is 16.5. The van der Waals surface area contributed by atoms with Gasteiger partial charge in [-0.05, 0) is 30.7 Å². The molecule has 9 heteroatoms. The molecule has 1 aliphatic heterocycles. The number of aryl methyl sites for hydroxylation is 1. The summed E-state index contributed by atoms with van der Waals surface area (Å²) < 4.78 is 6.60. The van der Waals surface area contributed by atoms with Gasteiger partial charge in [0, 0.05) is 19.5 Å². The predicted molar refractivity (Wildman–Crippen MR) is 118 cm³/mol. The third-order valence-corrected chi connectivity index (χ3v) is 5.63. The lowest BCUT2D eigenvalue weighted by atomic mass is 10.1. The van der Waals surface area contributed by atoms with E-state index in [0.29, 0.717) is 17.3 Å². The first-order valence-corrected chi connectivity index (χ1v) is 10.1. The molecular weight excluding hydrogens is 412 g/mol. The van der Waals surface area contributed by atoms with E-state index in [-0.39, 0.29) is 35.0 Å². The number of carbonyl (C=O) groups excluding carboxylic acids is 2. The van der Waals surface area contributed by atoms with Crippen LogP contribution in [0.2, 0.25) is 0 Å². The van der Waals surface area contributed by atoms with E-state index in [4.69, 9.17) is 4.74 Å². The van der Waals surface area contributed by atoms with Gasteiger partial charge in [-0.25, -0.2) is 0 Å². The van der Waals surface area contributed by atoms with E-state index in [1.54, 1.807) is 43.4 Å². The monoisotopic (exact) mass is 434 g/mol. The second kappa shape index (κ2) is 8.35. The molecule has 0 bridgehead atoms. The smallest absolute Gasteiger partial charge is 0.264 e. The van der Waals surface area contributed by atoms with Crippen LogP contribution in [0.4, 0.5) is 11.4 Å². The molecule has 9 nitrogen and oxygen atoms in total. The number of nitrogens with zero attached hydrogens (tertiary/aromatic N) is 4. The topological polar surface area (TPSA) is 114 Å². The molecule has 2 heterocycles. The summed E-state index contributed by atoms with van der Waals surface area (Å²) in [5.41, 5.74) is 0.301. The summed E-state index contributed by atoms with van der Waals surface area (Å²) in [6.07, 6.45) is 0.539. The molecular formula is C23H22N4O5. The molecule has 3 aromatic rings. The Hall–Kier alpha value is -3.85. The van der Waals surface area contributed by atoms with Crippen LogP contribution in [0, 0.1) is 0 Å². The number of amides is 2. The van der Waals surface area contributed by atoms with Crippen LogP contribution in [0.1, 0.15) is 34.1 Å². The number of para-hydroxylation sites is 1. The Labute approximate surface area is 183 Å². The SMILES string of the molecule is CCC(COC)N1C(=O)c2cccc(N=Nc3c(O)n(C)c4ccccc4c3=O)c2C1=O. The van der Waals surface area contributed by atoms with Gasteiger partial charge >= 0.3 is 0 Å². The number of aromatic hydroxyl groups is 1. The van der Waals surface area contributed by atoms with E-state index in [1.165, 1.54) is 22.6 Å². The number of imide groups is 1. The zero-order valence-corrected chi connectivity index (χ0v) is 17.9. The lowest BCUT2D eigenvalue weighted by Crippen LogP contribution is -2.42. The van der Waals surface area contributed by atoms with Crippen LogP contribution in [0.5, 0.6) is 5.88 Å². The summed E-state index contributed by atoms with van der Waals surface area (Å²) in [6, 6.07) is 11.1. The first-order chi connectivity index (χ1) is 15.4. The molecule has 1 aromatic heterocycles. The van der Waals surface area contributed by atoms with Crippen LogP contribution in [0.15, 0.2) is 57.5 Å². The summed E-state index contributed by atoms with van der Waals surface area (Å²) in [6.45, 7) is 2.09. The van der Waals surface area contributed by atoms with E-state index < -0.39 is 23.3 Å². The maximum Gasteiger partial charge on any atom is 0.264 e. The number of hydrogen-bond acceptors (Lipinski definition) is 7. The number of aromatic nitrogens is 1. The fourth-order valence-corrected chi connectivity index (χ4v) is 3.92. The minimum atomic E-state index is -0.487. The first kappa shape index (κ1) is 21.4. The zero-order chi connectivity index (χ0) is 23.0. The summed E-state index contributed by atoms with van der Waals surface area (Å²) >= 11 is 0. The van der Waals surface area contributed by atoms with Crippen LogP contribution in [0.3, 0.4) is 0 Å². The molecule has 0 fully saturated rings. The van der Waals surface area contributed by atoms with Crippen molar-refractivity contribution in [2.24, 2.45) is 17.3 Å². The molecule has 0 radical (unpaired) electrons. The Kier molecular flexibility index (Phi) is 5.58. The Morgan fingerprint density at radius 1 is 1.03 bits per heavy atom. The van der Waals surface area contributed by atoms with Crippen molar-refractivity contribution in [1.82, 2.24) is 9.47 Å². The van der Waals surface area contributed by atoms with Gasteiger partial charge in [-0.2, -0.15) is 0 Å². The summed E-state index contributed by atoms with van der Waals surface area (Å²) in [5, 5.41) is 19.0. The van der Waals surface area contributed by atoms with Crippen LogP contribution < -0.4 is 5.43 Å². The maximum absolute atomic E-state index is 13.1. The molecule has 0 saturated heterocycles. The van der Waals surface area contributed by atoms with Gasteiger partial charge in [0.05, 0.1) is 35.0 Å². The molecule has 1 atom stereocenters. The molecule has 2 aromatic carbocycles. The molecule has 0 saturated carbocycles. The molecule has 4 rings (SSSR count). The van der Waals surface area contributed by atoms with Crippen LogP contribution in [-0.4, -0.2) is 46.1 Å². The van der Waals surface area contributed by atoms with Crippen LogP contribution in [-0.2, 0) is 11.8 Å². The van der Waals surface area contributed by atoms with Gasteiger partial charge < -0.3 is 14.4 Å². The molecule has 2 amide bonds. The molecule has 1 aliphatic rings. The molecule has 1 unspecified atom stereocenters. The third kappa shape index (κ3) is 3.27. The second-order valence-electron chi connectivity index (χ2n) is 7.47. The number of ether oxygens (including phenoxy) is 1. The average Bonchev–Trinajstić information content (AvgIpc) is 3.06. The van der Waals surface area contributed by atoms with Crippen molar-refractivity contribution in [3.05, 3.63) is 63.8 Å². The van der Waals surface area contributed by atoms with Crippen LogP contribution in [0.25, 0.3) is 10.9 Å². The summed E-state index contributed by atoms with van der Waals surface area (Å²) in [5.74, 6) is -1.25. The van der Waals surface area contributed by atoms with Crippen molar-refractivity contribution in [3.63, 3.8) is 0 Å². The zero-order valence-electron chi connectivity index (χ0n) is 17.9. The fraction of sp³-hybridized carbons (Fsp3) is 0.261. The normalized spacial score (nSPS) is 14.5. The number of methoxy groups -OCH3 is 1. The number of hydrogen-bond donors (Lipinski definition) is 1. The summed E-state index contributed by atoms with van der Waals surface area (Å²) in [4.78, 5) is 40.0. The van der Waals surface area contributed by atoms with Gasteiger partial charge in [-0.1, -0.05) is 25.1 Å². The lowest BCUT2D eigenvalue weighted by molar-refractivity contribution is 0.0466. The van der Waals surface area contributed by atoms with E-state index in [2.05, 4.69) is 10.2 Å². The number of azo groups is 1. The van der Waals surface area contributed by atoms with Gasteiger partial charge in [-0.3, -0.25) is 19.3 Å². The minimum absolute atomic E-state index is 0.118. The largest absolute Gasteiger partial charge is 0.493 e. The van der Waals surface area contributed by atoms with Crippen molar-refractivity contribution in [1.29, 1.82) is 0 Å². The van der Waals surface area contributed by atoms with Gasteiger partial charge in [0.25, 0.3) is 11.8 Å². The Balaban J connectivity index is 1.79. The Morgan fingerprint density at radius 2 is 1.78 bits per heavy atom. The highest BCUT2D eigenvalue weighted by Crippen LogP contribution is 2.35. The number of fused-ring (bicyclic) bond motifs is 2. The standard InChI is InChI=1S/C23H22N4O5/c1-4-13(12-32-3)27-21(29)15-9-7-10-16(18(15)22(27)30)24-25-19-20(28)14-8-5-6-11-17(14)26(2)23(19)31/h5-11,13,31H,4,12H2,1-3H3. The average molecular weight is 434 g/mol. The quantitative estimate of drug-likeness (QED) is 0.470. The van der Waals surface area contributed by atoms with Gasteiger partial charge in [-0.15, -0.1) is 10.2 Å². The van der Waals surface area contributed by atoms with Crippen molar-refractivity contribution in [3.8, 4) is 5.88 Å². The Bertz CT molecular complexity index is 1330. The van der Waals surface area contributed by atoms with Crippen LogP contribution >= 0.6 is 0 Å². The van der Waals surface area contributed by atoms with E-state index in [1.807, 2.05) is 6.92 Å². The highest BCUT2D eigenvalue weighted by molar-refractivity contribution is 6.23. The van der Waals surface area contributed by atoms with Crippen molar-refractivity contribution in [2.75, 3.05) is 13.7 Å². The highest BCUT2D eigenvalue weighted by Gasteiger charge is 2.41. The van der Waals surface area contributed by atoms with Crippen molar-refractivity contribution in [2.45, 2.75) is 19.4 Å². The molecule has 1 N–H and O–H groups in total. The molecule has 0 aliphatic carbocycles. The second-order valence-corrected chi connectivity index (χ2v) is 7.47. The Morgan fingerprint density at radius 3 is 2.50 bits per heavy atom. The number of pyridine rings is 1. The molecule has 0 spiro atoms. The third-order valence-electron chi connectivity index (χ3n) is 5.63. The molecule has 32 heavy (non-hydrogen) atoms. The van der Waals surface area contributed by atoms with Gasteiger partial charge in [0.2, 0.25) is 11.3 Å². The maximum atomic E-state index is 13.1. The van der Waals surface area contributed by atoms with Crippen molar-refractivity contribution < 1.29 is 19.4 Å². The lowest BCUT2D eigenvalue weighted by Gasteiger charge is -2.24. The molecule has 164 valence electrons. The predicted octanol–water partition coefficient (Wildman–Crippen LogP) is 3.68. The summed E-state index contributed by atoms with van der Waals surface area (Å²) in [7, 11) is 3.12. The first-order valence-electron chi connectivity index (χ1n) is 10.1. The van der Waals surface area contributed by atoms with E-state index in [9.17, 15) is 19.5 Å². The van der Waals surface area contributed by atoms with E-state index in [0.717, 1.165) is 0 Å². The van der Waals surface area contributed by atoms with Gasteiger partial charge in [0.15, 0.2) is 5.69 Å². The van der Waals surface area contributed by atoms with Gasteiger partial charge in [0.1, 0.15) is 0 Å². The number of rotatable bonds is 6. The minimum Gasteiger partial charge on any atom is -0.493 e. The van der Waals surface area contributed by atoms with Crippen molar-refractivity contribution >= 4 is 34.1 Å². The van der Waals surface area contributed by atoms with E-state index >= 15 is 0 Å². The number of carbonyl (C=O) groups is 2. The number of benzene rings is 2.